The molecular formula is C17H22ClN3O4. The van der Waals surface area contributed by atoms with E-state index in [0.717, 1.165) is 0 Å². The Hall–Kier alpha value is -2.28. The van der Waals surface area contributed by atoms with E-state index in [9.17, 15) is 14.4 Å². The van der Waals surface area contributed by atoms with Gasteiger partial charge >= 0.3 is 12.0 Å². The molecule has 8 heteroatoms. The van der Waals surface area contributed by atoms with Gasteiger partial charge in [0.25, 0.3) is 5.91 Å². The maximum Gasteiger partial charge on any atom is 0.321 e. The molecule has 1 aliphatic rings. The molecule has 2 rings (SSSR count). The number of rotatable bonds is 4. The molecule has 1 saturated carbocycles. The maximum atomic E-state index is 12.5. The molecule has 1 aliphatic carbocycles. The molecule has 7 nitrogen and oxygen atoms in total. The van der Waals surface area contributed by atoms with Gasteiger partial charge in [0.15, 0.2) is 0 Å². The van der Waals surface area contributed by atoms with E-state index in [1.807, 2.05) is 0 Å². The minimum Gasteiger partial charge on any atom is -0.481 e. The molecule has 0 heterocycles. The summed E-state index contributed by atoms with van der Waals surface area (Å²) in [5.41, 5.74) is 0.751. The molecule has 0 saturated heterocycles. The summed E-state index contributed by atoms with van der Waals surface area (Å²) in [6.07, 6.45) is 2.34. The molecule has 1 fully saturated rings. The first-order chi connectivity index (χ1) is 11.8. The number of anilines is 1. The first kappa shape index (κ1) is 19.1. The van der Waals surface area contributed by atoms with Gasteiger partial charge < -0.3 is 20.6 Å². The van der Waals surface area contributed by atoms with E-state index in [1.165, 1.54) is 11.0 Å². The van der Waals surface area contributed by atoms with Crippen LogP contribution in [0.1, 0.15) is 36.0 Å². The van der Waals surface area contributed by atoms with Gasteiger partial charge in [-0.1, -0.05) is 11.6 Å². The third-order valence-electron chi connectivity index (χ3n) is 4.28. The Morgan fingerprint density at radius 3 is 2.36 bits per heavy atom. The predicted molar refractivity (Wildman–Crippen MR) is 95.0 cm³/mol. The topological polar surface area (TPSA) is 98.7 Å². The largest absolute Gasteiger partial charge is 0.481 e. The number of carboxylic acids is 1. The molecule has 0 aromatic heterocycles. The van der Waals surface area contributed by atoms with Crippen LogP contribution in [0.4, 0.5) is 10.5 Å². The van der Waals surface area contributed by atoms with Crippen molar-refractivity contribution in [3.8, 4) is 0 Å². The molecule has 1 aromatic rings. The SMILES string of the molecule is CN(C)C(=O)Nc1ccc(Cl)c(C(=O)NC2CCC(C(=O)O)CC2)c1. The van der Waals surface area contributed by atoms with Crippen molar-refractivity contribution in [2.75, 3.05) is 19.4 Å². The Bertz CT molecular complexity index is 670. The summed E-state index contributed by atoms with van der Waals surface area (Å²) in [7, 11) is 3.23. The summed E-state index contributed by atoms with van der Waals surface area (Å²) in [5, 5.41) is 14.9. The van der Waals surface area contributed by atoms with Gasteiger partial charge in [-0.05, 0) is 43.9 Å². The van der Waals surface area contributed by atoms with Crippen LogP contribution in [-0.4, -0.2) is 48.1 Å². The van der Waals surface area contributed by atoms with Gasteiger partial charge in [-0.15, -0.1) is 0 Å². The zero-order chi connectivity index (χ0) is 18.6. The fourth-order valence-corrected chi connectivity index (χ4v) is 2.96. The van der Waals surface area contributed by atoms with Crippen LogP contribution in [0.5, 0.6) is 0 Å². The second-order valence-corrected chi connectivity index (χ2v) is 6.79. The van der Waals surface area contributed by atoms with E-state index in [4.69, 9.17) is 16.7 Å². The second-order valence-electron chi connectivity index (χ2n) is 6.38. The minimum atomic E-state index is -0.780. The molecule has 3 N–H and O–H groups in total. The summed E-state index contributed by atoms with van der Waals surface area (Å²) in [6.45, 7) is 0. The smallest absolute Gasteiger partial charge is 0.321 e. The van der Waals surface area contributed by atoms with Crippen LogP contribution in [0.15, 0.2) is 18.2 Å². The summed E-state index contributed by atoms with van der Waals surface area (Å²) < 4.78 is 0. The monoisotopic (exact) mass is 367 g/mol. The minimum absolute atomic E-state index is 0.0702. The van der Waals surface area contributed by atoms with E-state index in [-0.39, 0.29) is 29.5 Å². The normalized spacial score (nSPS) is 19.8. The molecule has 136 valence electrons. The van der Waals surface area contributed by atoms with Gasteiger partial charge in [-0.2, -0.15) is 0 Å². The van der Waals surface area contributed by atoms with Crippen LogP contribution in [0.2, 0.25) is 5.02 Å². The van der Waals surface area contributed by atoms with E-state index in [1.54, 1.807) is 26.2 Å². The summed E-state index contributed by atoms with van der Waals surface area (Å²) in [6, 6.07) is 4.34. The Kier molecular flexibility index (Phi) is 6.25. The van der Waals surface area contributed by atoms with Crippen LogP contribution in [0.25, 0.3) is 0 Å². The van der Waals surface area contributed by atoms with Crippen molar-refractivity contribution >= 4 is 35.2 Å². The van der Waals surface area contributed by atoms with Crippen molar-refractivity contribution in [2.24, 2.45) is 5.92 Å². The maximum absolute atomic E-state index is 12.5. The van der Waals surface area contributed by atoms with Crippen LogP contribution in [0.3, 0.4) is 0 Å². The number of urea groups is 1. The quantitative estimate of drug-likeness (QED) is 0.762. The molecule has 1 aromatic carbocycles. The highest BCUT2D eigenvalue weighted by Crippen LogP contribution is 2.26. The predicted octanol–water partition coefficient (Wildman–Crippen LogP) is 2.81. The van der Waals surface area contributed by atoms with Gasteiger partial charge in [-0.3, -0.25) is 9.59 Å². The van der Waals surface area contributed by atoms with E-state index in [0.29, 0.717) is 36.4 Å². The number of hydrogen-bond acceptors (Lipinski definition) is 3. The van der Waals surface area contributed by atoms with Gasteiger partial charge in [0, 0.05) is 25.8 Å². The third-order valence-corrected chi connectivity index (χ3v) is 4.61. The van der Waals surface area contributed by atoms with Crippen LogP contribution in [0, 0.1) is 5.92 Å². The van der Waals surface area contributed by atoms with Crippen molar-refractivity contribution in [3.05, 3.63) is 28.8 Å². The molecule has 25 heavy (non-hydrogen) atoms. The Morgan fingerprint density at radius 2 is 1.80 bits per heavy atom. The molecule has 0 radical (unpaired) electrons. The molecule has 0 atom stereocenters. The number of amides is 3. The third kappa shape index (κ3) is 5.09. The molecule has 0 bridgehead atoms. The highest BCUT2D eigenvalue weighted by atomic mass is 35.5. The Balaban J connectivity index is 2.01. The van der Waals surface area contributed by atoms with Crippen molar-refractivity contribution < 1.29 is 19.5 Å². The fourth-order valence-electron chi connectivity index (χ4n) is 2.76. The molecule has 0 spiro atoms. The lowest BCUT2D eigenvalue weighted by Crippen LogP contribution is -2.38. The summed E-state index contributed by atoms with van der Waals surface area (Å²) in [4.78, 5) is 36.6. The Labute approximate surface area is 151 Å². The average Bonchev–Trinajstić information content (AvgIpc) is 2.56. The first-order valence-electron chi connectivity index (χ1n) is 8.09. The molecule has 0 unspecified atom stereocenters. The summed E-state index contributed by atoms with van der Waals surface area (Å²) in [5.74, 6) is -1.44. The fraction of sp³-hybridized carbons (Fsp3) is 0.471. The lowest BCUT2D eigenvalue weighted by atomic mass is 9.86. The average molecular weight is 368 g/mol. The highest BCUT2D eigenvalue weighted by Gasteiger charge is 2.27. The standard InChI is InChI=1S/C17H22ClN3O4/c1-21(2)17(25)20-12-7-8-14(18)13(9-12)15(22)19-11-5-3-10(4-6-11)16(23)24/h7-11H,3-6H2,1-2H3,(H,19,22)(H,20,25)(H,23,24). The number of halogens is 1. The van der Waals surface area contributed by atoms with Crippen molar-refractivity contribution in [1.29, 1.82) is 0 Å². The van der Waals surface area contributed by atoms with E-state index in [2.05, 4.69) is 10.6 Å². The van der Waals surface area contributed by atoms with Crippen molar-refractivity contribution in [2.45, 2.75) is 31.7 Å². The number of hydrogen-bond donors (Lipinski definition) is 3. The van der Waals surface area contributed by atoms with Crippen LogP contribution in [-0.2, 0) is 4.79 Å². The number of nitrogens with zero attached hydrogens (tertiary/aromatic N) is 1. The zero-order valence-electron chi connectivity index (χ0n) is 14.2. The molecular weight excluding hydrogens is 346 g/mol. The number of benzene rings is 1. The van der Waals surface area contributed by atoms with Crippen LogP contribution >= 0.6 is 11.6 Å². The van der Waals surface area contributed by atoms with Gasteiger partial charge in [0.2, 0.25) is 0 Å². The van der Waals surface area contributed by atoms with Gasteiger partial charge in [0.1, 0.15) is 0 Å². The number of nitrogens with one attached hydrogen (secondary N) is 2. The van der Waals surface area contributed by atoms with E-state index < -0.39 is 5.97 Å². The number of carbonyl (C=O) groups is 3. The second kappa shape index (κ2) is 8.20. The lowest BCUT2D eigenvalue weighted by Gasteiger charge is -2.27. The summed E-state index contributed by atoms with van der Waals surface area (Å²) >= 11 is 6.11. The molecule has 0 aliphatic heterocycles. The van der Waals surface area contributed by atoms with Gasteiger partial charge in [0.05, 0.1) is 16.5 Å². The van der Waals surface area contributed by atoms with Crippen molar-refractivity contribution in [3.63, 3.8) is 0 Å². The van der Waals surface area contributed by atoms with Crippen LogP contribution < -0.4 is 10.6 Å². The molecule has 3 amide bonds. The lowest BCUT2D eigenvalue weighted by molar-refractivity contribution is -0.142. The zero-order valence-corrected chi connectivity index (χ0v) is 15.0. The van der Waals surface area contributed by atoms with E-state index >= 15 is 0 Å². The number of carbonyl (C=O) groups excluding carboxylic acids is 2. The number of aliphatic carboxylic acids is 1. The number of carboxylic acid groups (broad SMARTS) is 1. The van der Waals surface area contributed by atoms with Gasteiger partial charge in [-0.25, -0.2) is 4.79 Å². The highest BCUT2D eigenvalue weighted by molar-refractivity contribution is 6.34. The Morgan fingerprint density at radius 1 is 1.16 bits per heavy atom. The first-order valence-corrected chi connectivity index (χ1v) is 8.47. The van der Waals surface area contributed by atoms with Crippen molar-refractivity contribution in [1.82, 2.24) is 10.2 Å².